The Labute approximate surface area is 77.0 Å². The average Bonchev–Trinajstić information content (AvgIpc) is 2.47. The van der Waals surface area contributed by atoms with Crippen LogP contribution in [0.1, 0.15) is 24.3 Å². The number of hydrogen-bond acceptors (Lipinski definition) is 2. The predicted octanol–water partition coefficient (Wildman–Crippen LogP) is 0.948. The molecule has 0 aromatic carbocycles. The SMILES string of the molecule is CC(C)=CCn1nccc1C(N)=O. The summed E-state index contributed by atoms with van der Waals surface area (Å²) in [6.45, 7) is 4.58. The van der Waals surface area contributed by atoms with Crippen molar-refractivity contribution in [1.29, 1.82) is 0 Å². The molecule has 1 aromatic heterocycles. The zero-order chi connectivity index (χ0) is 9.84. The van der Waals surface area contributed by atoms with Crippen LogP contribution in [0.5, 0.6) is 0 Å². The molecule has 0 unspecified atom stereocenters. The van der Waals surface area contributed by atoms with Gasteiger partial charge >= 0.3 is 0 Å². The van der Waals surface area contributed by atoms with Crippen LogP contribution in [0.3, 0.4) is 0 Å². The zero-order valence-corrected chi connectivity index (χ0v) is 7.82. The van der Waals surface area contributed by atoms with Gasteiger partial charge in [-0.2, -0.15) is 5.10 Å². The third-order valence-electron chi connectivity index (χ3n) is 1.64. The Balaban J connectivity index is 2.83. The van der Waals surface area contributed by atoms with Gasteiger partial charge in [0.1, 0.15) is 5.69 Å². The summed E-state index contributed by atoms with van der Waals surface area (Å²) in [7, 11) is 0. The Morgan fingerprint density at radius 2 is 2.38 bits per heavy atom. The van der Waals surface area contributed by atoms with E-state index in [1.54, 1.807) is 16.9 Å². The molecule has 1 aromatic rings. The minimum absolute atomic E-state index is 0.442. The molecule has 2 N–H and O–H groups in total. The van der Waals surface area contributed by atoms with Gasteiger partial charge in [0.15, 0.2) is 0 Å². The van der Waals surface area contributed by atoms with Crippen molar-refractivity contribution < 1.29 is 4.79 Å². The molecule has 4 nitrogen and oxygen atoms in total. The van der Waals surface area contributed by atoms with E-state index in [4.69, 9.17) is 5.73 Å². The van der Waals surface area contributed by atoms with E-state index in [1.807, 2.05) is 19.9 Å². The fourth-order valence-corrected chi connectivity index (χ4v) is 0.957. The Morgan fingerprint density at radius 3 is 2.92 bits per heavy atom. The van der Waals surface area contributed by atoms with E-state index < -0.39 is 5.91 Å². The Hall–Kier alpha value is -1.58. The van der Waals surface area contributed by atoms with Crippen LogP contribution in [0, 0.1) is 0 Å². The summed E-state index contributed by atoms with van der Waals surface area (Å²) in [6, 6.07) is 1.61. The van der Waals surface area contributed by atoms with Crippen LogP contribution in [0.25, 0.3) is 0 Å². The van der Waals surface area contributed by atoms with Crippen molar-refractivity contribution in [1.82, 2.24) is 9.78 Å². The van der Waals surface area contributed by atoms with Crippen molar-refractivity contribution in [2.75, 3.05) is 0 Å². The third-order valence-corrected chi connectivity index (χ3v) is 1.64. The maximum absolute atomic E-state index is 10.9. The number of carbonyl (C=O) groups is 1. The van der Waals surface area contributed by atoms with Crippen molar-refractivity contribution in [2.24, 2.45) is 5.73 Å². The molecule has 1 amide bonds. The van der Waals surface area contributed by atoms with Gasteiger partial charge in [0, 0.05) is 6.20 Å². The summed E-state index contributed by atoms with van der Waals surface area (Å²) >= 11 is 0. The highest BCUT2D eigenvalue weighted by Crippen LogP contribution is 1.99. The second kappa shape index (κ2) is 3.89. The number of hydrogen-bond donors (Lipinski definition) is 1. The van der Waals surface area contributed by atoms with Crippen LogP contribution in [0.4, 0.5) is 0 Å². The second-order valence-electron chi connectivity index (χ2n) is 3.04. The standard InChI is InChI=1S/C9H13N3O/c1-7(2)4-6-12-8(9(10)13)3-5-11-12/h3-5H,6H2,1-2H3,(H2,10,13). The molecule has 0 spiro atoms. The average molecular weight is 179 g/mol. The van der Waals surface area contributed by atoms with E-state index >= 15 is 0 Å². The summed E-state index contributed by atoms with van der Waals surface area (Å²) in [5.41, 5.74) is 6.77. The van der Waals surface area contributed by atoms with Crippen LogP contribution in [-0.4, -0.2) is 15.7 Å². The van der Waals surface area contributed by atoms with Crippen molar-refractivity contribution in [2.45, 2.75) is 20.4 Å². The maximum atomic E-state index is 10.9. The quantitative estimate of drug-likeness (QED) is 0.702. The van der Waals surface area contributed by atoms with Gasteiger partial charge < -0.3 is 5.73 Å². The monoisotopic (exact) mass is 179 g/mol. The van der Waals surface area contributed by atoms with Crippen LogP contribution >= 0.6 is 0 Å². The number of aromatic nitrogens is 2. The molecule has 0 saturated carbocycles. The van der Waals surface area contributed by atoms with Crippen LogP contribution in [0.2, 0.25) is 0 Å². The molecule has 0 aliphatic heterocycles. The van der Waals surface area contributed by atoms with Gasteiger partial charge in [-0.25, -0.2) is 0 Å². The largest absolute Gasteiger partial charge is 0.364 e. The van der Waals surface area contributed by atoms with E-state index in [-0.39, 0.29) is 0 Å². The lowest BCUT2D eigenvalue weighted by Crippen LogP contribution is -2.17. The van der Waals surface area contributed by atoms with Gasteiger partial charge in [0.05, 0.1) is 6.54 Å². The minimum Gasteiger partial charge on any atom is -0.364 e. The van der Waals surface area contributed by atoms with Crippen molar-refractivity contribution in [3.8, 4) is 0 Å². The molecule has 0 bridgehead atoms. The van der Waals surface area contributed by atoms with Gasteiger partial charge in [0.2, 0.25) is 0 Å². The molecular formula is C9H13N3O. The smallest absolute Gasteiger partial charge is 0.266 e. The summed E-state index contributed by atoms with van der Waals surface area (Å²) in [4.78, 5) is 10.9. The zero-order valence-electron chi connectivity index (χ0n) is 7.82. The van der Waals surface area contributed by atoms with Crippen LogP contribution in [0.15, 0.2) is 23.9 Å². The van der Waals surface area contributed by atoms with E-state index in [9.17, 15) is 4.79 Å². The molecule has 0 saturated heterocycles. The van der Waals surface area contributed by atoms with Gasteiger partial charge in [-0.05, 0) is 19.9 Å². The first kappa shape index (κ1) is 9.51. The van der Waals surface area contributed by atoms with Gasteiger partial charge in [0.25, 0.3) is 5.91 Å². The van der Waals surface area contributed by atoms with E-state index in [0.29, 0.717) is 12.2 Å². The highest BCUT2D eigenvalue weighted by molar-refractivity contribution is 5.90. The van der Waals surface area contributed by atoms with E-state index in [2.05, 4.69) is 5.10 Å². The summed E-state index contributed by atoms with van der Waals surface area (Å²) in [6.07, 6.45) is 3.55. The fraction of sp³-hybridized carbons (Fsp3) is 0.333. The fourth-order valence-electron chi connectivity index (χ4n) is 0.957. The Bertz CT molecular complexity index is 334. The summed E-state index contributed by atoms with van der Waals surface area (Å²) in [5.74, 6) is -0.445. The number of rotatable bonds is 3. The molecule has 0 aliphatic rings. The molecule has 0 fully saturated rings. The maximum Gasteiger partial charge on any atom is 0.266 e. The first-order chi connectivity index (χ1) is 6.11. The molecule has 70 valence electrons. The van der Waals surface area contributed by atoms with Crippen LogP contribution < -0.4 is 5.73 Å². The Morgan fingerprint density at radius 1 is 1.69 bits per heavy atom. The molecule has 13 heavy (non-hydrogen) atoms. The molecule has 4 heteroatoms. The molecular weight excluding hydrogens is 166 g/mol. The highest BCUT2D eigenvalue weighted by Gasteiger charge is 2.05. The summed E-state index contributed by atoms with van der Waals surface area (Å²) in [5, 5.41) is 3.98. The van der Waals surface area contributed by atoms with Crippen molar-refractivity contribution >= 4 is 5.91 Å². The van der Waals surface area contributed by atoms with Gasteiger partial charge in [-0.3, -0.25) is 9.48 Å². The topological polar surface area (TPSA) is 60.9 Å². The summed E-state index contributed by atoms with van der Waals surface area (Å²) < 4.78 is 1.58. The second-order valence-corrected chi connectivity index (χ2v) is 3.04. The first-order valence-corrected chi connectivity index (χ1v) is 4.06. The molecule has 0 atom stereocenters. The third kappa shape index (κ3) is 2.43. The Kier molecular flexibility index (Phi) is 2.84. The number of primary amides is 1. The highest BCUT2D eigenvalue weighted by atomic mass is 16.1. The normalized spacial score (nSPS) is 9.69. The predicted molar refractivity (Wildman–Crippen MR) is 50.2 cm³/mol. The number of carbonyl (C=O) groups excluding carboxylic acids is 1. The number of amides is 1. The van der Waals surface area contributed by atoms with Gasteiger partial charge in [-0.1, -0.05) is 11.6 Å². The van der Waals surface area contributed by atoms with E-state index in [1.165, 1.54) is 5.57 Å². The molecule has 0 radical (unpaired) electrons. The molecule has 0 aliphatic carbocycles. The van der Waals surface area contributed by atoms with Crippen LogP contribution in [-0.2, 0) is 6.54 Å². The number of allylic oxidation sites excluding steroid dienone is 2. The molecule has 1 heterocycles. The first-order valence-electron chi connectivity index (χ1n) is 4.06. The number of nitrogens with two attached hydrogens (primary N) is 1. The molecule has 1 rings (SSSR count). The van der Waals surface area contributed by atoms with E-state index in [0.717, 1.165) is 0 Å². The lowest BCUT2D eigenvalue weighted by atomic mass is 10.3. The van der Waals surface area contributed by atoms with Gasteiger partial charge in [-0.15, -0.1) is 0 Å². The van der Waals surface area contributed by atoms with Crippen molar-refractivity contribution in [3.63, 3.8) is 0 Å². The lowest BCUT2D eigenvalue weighted by molar-refractivity contribution is 0.0990. The minimum atomic E-state index is -0.445. The number of nitrogens with zero attached hydrogens (tertiary/aromatic N) is 2. The lowest BCUT2D eigenvalue weighted by Gasteiger charge is -2.00. The van der Waals surface area contributed by atoms with Crippen molar-refractivity contribution in [3.05, 3.63) is 29.6 Å².